The Bertz CT molecular complexity index is 674. The Balaban J connectivity index is 1.26. The maximum Gasteiger partial charge on any atom is 0.223 e. The molecule has 1 aromatic carbocycles. The maximum atomic E-state index is 12.3. The summed E-state index contributed by atoms with van der Waals surface area (Å²) in [4.78, 5) is 16.8. The molecule has 1 N–H and O–H groups in total. The van der Waals surface area contributed by atoms with Gasteiger partial charge in [0.1, 0.15) is 0 Å². The Morgan fingerprint density at radius 2 is 1.82 bits per heavy atom. The van der Waals surface area contributed by atoms with Crippen LogP contribution in [0.5, 0.6) is 0 Å². The quantitative estimate of drug-likeness (QED) is 0.781. The maximum absolute atomic E-state index is 12.3. The highest BCUT2D eigenvalue weighted by Crippen LogP contribution is 2.45. The molecule has 0 bridgehead atoms. The minimum atomic E-state index is 0.158. The molecule has 3 fully saturated rings. The second-order valence-corrected chi connectivity index (χ2v) is 10.1. The molecule has 1 aromatic rings. The average molecular weight is 384 g/mol. The van der Waals surface area contributed by atoms with Crippen LogP contribution in [0.25, 0.3) is 0 Å². The number of amides is 1. The van der Waals surface area contributed by atoms with Gasteiger partial charge in [-0.15, -0.1) is 0 Å². The molecule has 154 valence electrons. The Kier molecular flexibility index (Phi) is 5.54. The van der Waals surface area contributed by atoms with Gasteiger partial charge in [-0.3, -0.25) is 9.69 Å². The molecule has 0 aromatic heterocycles. The van der Waals surface area contributed by atoms with E-state index in [1.54, 1.807) is 4.90 Å². The van der Waals surface area contributed by atoms with E-state index in [1.807, 2.05) is 14.1 Å². The van der Waals surface area contributed by atoms with Gasteiger partial charge in [0.15, 0.2) is 0 Å². The number of benzene rings is 1. The lowest BCUT2D eigenvalue weighted by Gasteiger charge is -2.54. The zero-order chi connectivity index (χ0) is 19.8. The van der Waals surface area contributed by atoms with E-state index in [2.05, 4.69) is 47.5 Å². The minimum Gasteiger partial charge on any atom is -0.349 e. The number of hydrogen-bond donors (Lipinski definition) is 1. The van der Waals surface area contributed by atoms with Gasteiger partial charge in [0.25, 0.3) is 0 Å². The third-order valence-electron chi connectivity index (χ3n) is 7.71. The van der Waals surface area contributed by atoms with Crippen molar-refractivity contribution >= 4 is 5.91 Å². The predicted octanol–water partition coefficient (Wildman–Crippen LogP) is 3.64. The van der Waals surface area contributed by atoms with Gasteiger partial charge in [-0.1, -0.05) is 37.3 Å². The fraction of sp³-hybridized carbons (Fsp3) is 0.708. The van der Waals surface area contributed by atoms with Crippen molar-refractivity contribution in [2.75, 3.05) is 33.7 Å². The topological polar surface area (TPSA) is 35.6 Å². The Morgan fingerprint density at radius 1 is 1.14 bits per heavy atom. The lowest BCUT2D eigenvalue weighted by atomic mass is 9.70. The summed E-state index contributed by atoms with van der Waals surface area (Å²) < 4.78 is 0. The largest absolute Gasteiger partial charge is 0.349 e. The third kappa shape index (κ3) is 4.13. The van der Waals surface area contributed by atoms with Crippen molar-refractivity contribution in [1.29, 1.82) is 0 Å². The first-order valence-electron chi connectivity index (χ1n) is 11.1. The summed E-state index contributed by atoms with van der Waals surface area (Å²) in [5, 5.41) is 3.86. The second kappa shape index (κ2) is 7.79. The van der Waals surface area contributed by atoms with Gasteiger partial charge in [0, 0.05) is 44.6 Å². The number of carbonyl (C=O) groups is 1. The number of hydrogen-bond acceptors (Lipinski definition) is 3. The number of nitrogens with zero attached hydrogens (tertiary/aromatic N) is 2. The van der Waals surface area contributed by atoms with Crippen molar-refractivity contribution in [3.63, 3.8) is 0 Å². The van der Waals surface area contributed by atoms with E-state index in [0.29, 0.717) is 23.8 Å². The Morgan fingerprint density at radius 3 is 2.39 bits per heavy atom. The predicted molar refractivity (Wildman–Crippen MR) is 114 cm³/mol. The van der Waals surface area contributed by atoms with Crippen LogP contribution in [0.2, 0.25) is 0 Å². The van der Waals surface area contributed by atoms with Crippen LogP contribution in [-0.4, -0.2) is 61.0 Å². The van der Waals surface area contributed by atoms with Crippen LogP contribution < -0.4 is 5.32 Å². The van der Waals surface area contributed by atoms with Crippen LogP contribution in [0.4, 0.5) is 0 Å². The van der Waals surface area contributed by atoms with Crippen LogP contribution in [-0.2, 0) is 4.79 Å². The number of nitrogens with one attached hydrogen (secondary N) is 1. The first kappa shape index (κ1) is 19.9. The fourth-order valence-electron chi connectivity index (χ4n) is 5.19. The van der Waals surface area contributed by atoms with Crippen molar-refractivity contribution in [2.45, 2.75) is 69.4 Å². The molecule has 4 heteroatoms. The van der Waals surface area contributed by atoms with E-state index >= 15 is 0 Å². The molecule has 1 saturated heterocycles. The Labute approximate surface area is 170 Å². The molecular weight excluding hydrogens is 346 g/mol. The normalized spacial score (nSPS) is 28.4. The van der Waals surface area contributed by atoms with Crippen molar-refractivity contribution in [3.8, 4) is 0 Å². The fourth-order valence-corrected chi connectivity index (χ4v) is 5.19. The van der Waals surface area contributed by atoms with Gasteiger partial charge in [-0.2, -0.15) is 0 Å². The van der Waals surface area contributed by atoms with Crippen molar-refractivity contribution in [3.05, 3.63) is 35.9 Å². The van der Waals surface area contributed by atoms with Gasteiger partial charge in [0.05, 0.1) is 0 Å². The van der Waals surface area contributed by atoms with Crippen LogP contribution >= 0.6 is 0 Å². The van der Waals surface area contributed by atoms with Crippen molar-refractivity contribution < 1.29 is 4.79 Å². The van der Waals surface area contributed by atoms with E-state index in [4.69, 9.17) is 0 Å². The molecule has 0 unspecified atom stereocenters. The minimum absolute atomic E-state index is 0.158. The summed E-state index contributed by atoms with van der Waals surface area (Å²) in [5.74, 6) is 0.996. The van der Waals surface area contributed by atoms with Crippen molar-refractivity contribution in [1.82, 2.24) is 15.1 Å². The summed E-state index contributed by atoms with van der Waals surface area (Å²) >= 11 is 0. The van der Waals surface area contributed by atoms with Gasteiger partial charge in [-0.05, 0) is 62.6 Å². The second-order valence-electron chi connectivity index (χ2n) is 10.1. The first-order valence-corrected chi connectivity index (χ1v) is 11.1. The SMILES string of the molecule is CN(C)C(=O)CC1(N2CCC(C)(CN[C@@H]3C[C@H]3c3ccccc3)CC2)CCC1. The van der Waals surface area contributed by atoms with Gasteiger partial charge in [0.2, 0.25) is 5.91 Å². The molecule has 28 heavy (non-hydrogen) atoms. The molecule has 4 rings (SSSR count). The van der Waals surface area contributed by atoms with Crippen LogP contribution in [0.1, 0.15) is 63.4 Å². The van der Waals surface area contributed by atoms with Gasteiger partial charge >= 0.3 is 0 Å². The molecule has 1 amide bonds. The molecule has 0 radical (unpaired) electrons. The van der Waals surface area contributed by atoms with Crippen molar-refractivity contribution in [2.24, 2.45) is 5.41 Å². The number of piperidine rings is 1. The van der Waals surface area contributed by atoms with Gasteiger partial charge < -0.3 is 10.2 Å². The van der Waals surface area contributed by atoms with Crippen LogP contribution in [0, 0.1) is 5.41 Å². The molecular formula is C24H37N3O. The highest BCUT2D eigenvalue weighted by Gasteiger charge is 2.47. The number of carbonyl (C=O) groups excluding carboxylic acids is 1. The van der Waals surface area contributed by atoms with Crippen LogP contribution in [0.3, 0.4) is 0 Å². The third-order valence-corrected chi connectivity index (χ3v) is 7.71. The number of rotatable bonds is 7. The summed E-state index contributed by atoms with van der Waals surface area (Å²) in [7, 11) is 3.77. The highest BCUT2D eigenvalue weighted by atomic mass is 16.2. The average Bonchev–Trinajstić information content (AvgIpc) is 3.44. The molecule has 2 aliphatic carbocycles. The molecule has 2 atom stereocenters. The first-order chi connectivity index (χ1) is 13.4. The lowest BCUT2D eigenvalue weighted by molar-refractivity contribution is -0.135. The molecule has 3 aliphatic rings. The lowest BCUT2D eigenvalue weighted by Crippen LogP contribution is -2.59. The molecule has 1 aliphatic heterocycles. The smallest absolute Gasteiger partial charge is 0.223 e. The Hall–Kier alpha value is -1.39. The summed E-state index contributed by atoms with van der Waals surface area (Å²) in [6, 6.07) is 11.6. The highest BCUT2D eigenvalue weighted by molar-refractivity contribution is 5.77. The van der Waals surface area contributed by atoms with Gasteiger partial charge in [-0.25, -0.2) is 0 Å². The zero-order valence-corrected chi connectivity index (χ0v) is 17.9. The molecule has 0 spiro atoms. The zero-order valence-electron chi connectivity index (χ0n) is 17.9. The molecule has 2 saturated carbocycles. The molecule has 4 nitrogen and oxygen atoms in total. The van der Waals surface area contributed by atoms with E-state index in [-0.39, 0.29) is 11.4 Å². The van der Waals surface area contributed by atoms with E-state index in [9.17, 15) is 4.79 Å². The summed E-state index contributed by atoms with van der Waals surface area (Å²) in [6.45, 7) is 5.87. The summed E-state index contributed by atoms with van der Waals surface area (Å²) in [5.41, 5.74) is 2.03. The van der Waals surface area contributed by atoms with E-state index < -0.39 is 0 Å². The standard InChI is InChI=1S/C24H37N3O/c1-23(18-25-21-16-20(21)19-8-5-4-6-9-19)12-14-27(15-13-23)24(10-7-11-24)17-22(28)26(2)3/h4-6,8-9,20-21,25H,7,10-18H2,1-3H3/t20-,21+/m0/s1. The number of likely N-dealkylation sites (tertiary alicyclic amines) is 1. The van der Waals surface area contributed by atoms with Crippen LogP contribution in [0.15, 0.2) is 30.3 Å². The molecule has 1 heterocycles. The van der Waals surface area contributed by atoms with E-state index in [1.165, 1.54) is 44.1 Å². The monoisotopic (exact) mass is 383 g/mol. The van der Waals surface area contributed by atoms with E-state index in [0.717, 1.165) is 19.6 Å². The summed E-state index contributed by atoms with van der Waals surface area (Å²) in [6.07, 6.45) is 8.13.